The zero-order valence-corrected chi connectivity index (χ0v) is 9.76. The highest BCUT2D eigenvalue weighted by atomic mass is 16.2. The Balaban J connectivity index is 2.28. The molecule has 0 aliphatic heterocycles. The fourth-order valence-corrected chi connectivity index (χ4v) is 1.94. The first-order valence-corrected chi connectivity index (χ1v) is 5.41. The molecule has 1 aliphatic carbocycles. The van der Waals surface area contributed by atoms with E-state index >= 15 is 0 Å². The lowest BCUT2D eigenvalue weighted by Gasteiger charge is -2.41. The lowest BCUT2D eigenvalue weighted by atomic mass is 9.78. The summed E-state index contributed by atoms with van der Waals surface area (Å²) in [5, 5.41) is 3.53. The van der Waals surface area contributed by atoms with Crippen LogP contribution in [0, 0.1) is 0 Å². The van der Waals surface area contributed by atoms with Crippen molar-refractivity contribution in [1.82, 2.24) is 10.2 Å². The molecule has 0 aromatic carbocycles. The van der Waals surface area contributed by atoms with Crippen molar-refractivity contribution in [1.29, 1.82) is 0 Å². The van der Waals surface area contributed by atoms with Crippen molar-refractivity contribution in [2.45, 2.75) is 51.1 Å². The van der Waals surface area contributed by atoms with Crippen LogP contribution in [0.3, 0.4) is 0 Å². The molecule has 82 valence electrons. The second-order valence-electron chi connectivity index (χ2n) is 4.95. The molecular formula is C11H22N2O. The summed E-state index contributed by atoms with van der Waals surface area (Å²) >= 11 is 0. The molecule has 14 heavy (non-hydrogen) atoms. The number of hydrogen-bond donors (Lipinski definition) is 1. The molecular weight excluding hydrogens is 176 g/mol. The topological polar surface area (TPSA) is 32.3 Å². The van der Waals surface area contributed by atoms with Gasteiger partial charge in [0.25, 0.3) is 0 Å². The van der Waals surface area contributed by atoms with Gasteiger partial charge in [-0.25, -0.2) is 0 Å². The summed E-state index contributed by atoms with van der Waals surface area (Å²) in [6.07, 6.45) is 4.40. The molecule has 3 heteroatoms. The van der Waals surface area contributed by atoms with E-state index in [1.54, 1.807) is 19.0 Å². The minimum atomic E-state index is 0.202. The van der Waals surface area contributed by atoms with E-state index < -0.39 is 0 Å². The van der Waals surface area contributed by atoms with Gasteiger partial charge in [0.15, 0.2) is 0 Å². The SMILES string of the molecule is CC(CC(=O)N(C)C)NC1(C)CCC1. The average molecular weight is 198 g/mol. The fourth-order valence-electron chi connectivity index (χ4n) is 1.94. The third-order valence-corrected chi connectivity index (χ3v) is 3.03. The van der Waals surface area contributed by atoms with Gasteiger partial charge in [-0.15, -0.1) is 0 Å². The number of rotatable bonds is 4. The molecule has 0 aromatic heterocycles. The van der Waals surface area contributed by atoms with Crippen LogP contribution < -0.4 is 5.32 Å². The predicted octanol–water partition coefficient (Wildman–Crippen LogP) is 1.39. The smallest absolute Gasteiger partial charge is 0.223 e. The van der Waals surface area contributed by atoms with Crippen molar-refractivity contribution in [3.63, 3.8) is 0 Å². The van der Waals surface area contributed by atoms with Gasteiger partial charge in [-0.1, -0.05) is 0 Å². The number of carbonyl (C=O) groups is 1. The Morgan fingerprint density at radius 3 is 2.43 bits per heavy atom. The van der Waals surface area contributed by atoms with Crippen molar-refractivity contribution >= 4 is 5.91 Å². The summed E-state index contributed by atoms with van der Waals surface area (Å²) < 4.78 is 0. The Labute approximate surface area is 86.9 Å². The minimum absolute atomic E-state index is 0.202. The van der Waals surface area contributed by atoms with Crippen LogP contribution in [0.4, 0.5) is 0 Å². The van der Waals surface area contributed by atoms with E-state index in [2.05, 4.69) is 19.2 Å². The van der Waals surface area contributed by atoms with Crippen LogP contribution in [0.25, 0.3) is 0 Å². The standard InChI is InChI=1S/C11H22N2O/c1-9(8-10(14)13(3)4)12-11(2)6-5-7-11/h9,12H,5-8H2,1-4H3. The first kappa shape index (κ1) is 11.5. The third-order valence-electron chi connectivity index (χ3n) is 3.03. The van der Waals surface area contributed by atoms with Gasteiger partial charge in [-0.3, -0.25) is 4.79 Å². The molecule has 1 unspecified atom stereocenters. The Morgan fingerprint density at radius 2 is 2.07 bits per heavy atom. The Morgan fingerprint density at radius 1 is 1.50 bits per heavy atom. The summed E-state index contributed by atoms with van der Waals surface area (Å²) in [4.78, 5) is 13.1. The summed E-state index contributed by atoms with van der Waals surface area (Å²) in [6, 6.07) is 0.287. The average Bonchev–Trinajstić information content (AvgIpc) is 2.00. The Kier molecular flexibility index (Phi) is 3.53. The van der Waals surface area contributed by atoms with Gasteiger partial charge in [0.2, 0.25) is 5.91 Å². The summed E-state index contributed by atoms with van der Waals surface area (Å²) in [7, 11) is 3.61. The van der Waals surface area contributed by atoms with E-state index in [4.69, 9.17) is 0 Å². The zero-order valence-electron chi connectivity index (χ0n) is 9.76. The van der Waals surface area contributed by atoms with Gasteiger partial charge in [-0.2, -0.15) is 0 Å². The number of hydrogen-bond acceptors (Lipinski definition) is 2. The Hall–Kier alpha value is -0.570. The van der Waals surface area contributed by atoms with Gasteiger partial charge in [0.05, 0.1) is 0 Å². The molecule has 1 fully saturated rings. The lowest BCUT2D eigenvalue weighted by molar-refractivity contribution is -0.129. The molecule has 1 saturated carbocycles. The molecule has 0 radical (unpaired) electrons. The van der Waals surface area contributed by atoms with Crippen LogP contribution in [-0.2, 0) is 4.79 Å². The van der Waals surface area contributed by atoms with Crippen molar-refractivity contribution in [2.75, 3.05) is 14.1 Å². The number of carbonyl (C=O) groups excluding carboxylic acids is 1. The molecule has 0 aromatic rings. The van der Waals surface area contributed by atoms with Crippen molar-refractivity contribution in [2.24, 2.45) is 0 Å². The van der Waals surface area contributed by atoms with E-state index in [0.29, 0.717) is 12.0 Å². The first-order valence-electron chi connectivity index (χ1n) is 5.41. The number of nitrogens with zero attached hydrogens (tertiary/aromatic N) is 1. The molecule has 0 bridgehead atoms. The summed E-state index contributed by atoms with van der Waals surface area (Å²) in [5.74, 6) is 0.202. The van der Waals surface area contributed by atoms with E-state index in [-0.39, 0.29) is 11.9 Å². The highest BCUT2D eigenvalue weighted by molar-refractivity contribution is 5.76. The van der Waals surface area contributed by atoms with Crippen LogP contribution in [0.2, 0.25) is 0 Å². The molecule has 0 spiro atoms. The van der Waals surface area contributed by atoms with Gasteiger partial charge >= 0.3 is 0 Å². The monoisotopic (exact) mass is 198 g/mol. The quantitative estimate of drug-likeness (QED) is 0.740. The van der Waals surface area contributed by atoms with Crippen molar-refractivity contribution < 1.29 is 4.79 Å². The van der Waals surface area contributed by atoms with Crippen molar-refractivity contribution in [3.05, 3.63) is 0 Å². The van der Waals surface area contributed by atoms with Gasteiger partial charge in [0.1, 0.15) is 0 Å². The second-order valence-corrected chi connectivity index (χ2v) is 4.95. The van der Waals surface area contributed by atoms with Gasteiger partial charge < -0.3 is 10.2 Å². The molecule has 1 aliphatic rings. The van der Waals surface area contributed by atoms with Crippen LogP contribution in [0.15, 0.2) is 0 Å². The van der Waals surface area contributed by atoms with E-state index in [0.717, 1.165) is 0 Å². The molecule has 1 atom stereocenters. The lowest BCUT2D eigenvalue weighted by Crippen LogP contribution is -2.52. The van der Waals surface area contributed by atoms with Gasteiger partial charge in [-0.05, 0) is 33.1 Å². The molecule has 0 saturated heterocycles. The highest BCUT2D eigenvalue weighted by Crippen LogP contribution is 2.31. The third kappa shape index (κ3) is 2.98. The zero-order chi connectivity index (χ0) is 10.8. The number of amides is 1. The first-order chi connectivity index (χ1) is 6.43. The second kappa shape index (κ2) is 4.30. The van der Waals surface area contributed by atoms with Crippen LogP contribution in [0.1, 0.15) is 39.5 Å². The van der Waals surface area contributed by atoms with Crippen LogP contribution >= 0.6 is 0 Å². The molecule has 0 heterocycles. The summed E-state index contributed by atoms with van der Waals surface area (Å²) in [6.45, 7) is 4.33. The number of nitrogens with one attached hydrogen (secondary N) is 1. The van der Waals surface area contributed by atoms with Gasteiger partial charge in [0, 0.05) is 32.1 Å². The molecule has 1 rings (SSSR count). The molecule has 1 amide bonds. The maximum Gasteiger partial charge on any atom is 0.223 e. The largest absolute Gasteiger partial charge is 0.349 e. The maximum absolute atomic E-state index is 11.4. The molecule has 3 nitrogen and oxygen atoms in total. The van der Waals surface area contributed by atoms with Crippen LogP contribution in [-0.4, -0.2) is 36.5 Å². The fraction of sp³-hybridized carbons (Fsp3) is 0.909. The normalized spacial score (nSPS) is 21.1. The maximum atomic E-state index is 11.4. The Bertz CT molecular complexity index is 209. The minimum Gasteiger partial charge on any atom is -0.349 e. The van der Waals surface area contributed by atoms with Crippen LogP contribution in [0.5, 0.6) is 0 Å². The highest BCUT2D eigenvalue weighted by Gasteiger charge is 2.32. The summed E-state index contributed by atoms with van der Waals surface area (Å²) in [5.41, 5.74) is 0.298. The molecule has 1 N–H and O–H groups in total. The van der Waals surface area contributed by atoms with E-state index in [1.807, 2.05) is 0 Å². The van der Waals surface area contributed by atoms with Crippen molar-refractivity contribution in [3.8, 4) is 0 Å². The van der Waals surface area contributed by atoms with E-state index in [1.165, 1.54) is 19.3 Å². The van der Waals surface area contributed by atoms with E-state index in [9.17, 15) is 4.79 Å². The predicted molar refractivity (Wildman–Crippen MR) is 58.2 cm³/mol.